The van der Waals surface area contributed by atoms with Crippen molar-refractivity contribution in [2.24, 2.45) is 0 Å². The lowest BCUT2D eigenvalue weighted by Crippen LogP contribution is -2.60. The number of carbonyl (C=O) groups is 3. The SMILES string of the molecule is CC(C)(C)OC(=O)N1CCN(C(=O)Cc2ccsc2)[C@H](C(=O)O)C1. The van der Waals surface area contributed by atoms with Crippen molar-refractivity contribution < 1.29 is 24.2 Å². The molecule has 0 saturated carbocycles. The number of carbonyl (C=O) groups excluding carboxylic acids is 2. The lowest BCUT2D eigenvalue weighted by atomic mass is 10.1. The van der Waals surface area contributed by atoms with Crippen LogP contribution in [0, 0.1) is 0 Å². The maximum Gasteiger partial charge on any atom is 0.410 e. The second-order valence-corrected chi connectivity index (χ2v) is 7.46. The van der Waals surface area contributed by atoms with Crippen LogP contribution in [0.1, 0.15) is 26.3 Å². The summed E-state index contributed by atoms with van der Waals surface area (Å²) >= 11 is 1.49. The second kappa shape index (κ2) is 7.21. The molecule has 1 aliphatic heterocycles. The summed E-state index contributed by atoms with van der Waals surface area (Å²) in [6.45, 7) is 5.62. The third-order valence-electron chi connectivity index (χ3n) is 3.57. The van der Waals surface area contributed by atoms with Crippen LogP contribution in [0.5, 0.6) is 0 Å². The third-order valence-corrected chi connectivity index (χ3v) is 4.30. The number of nitrogens with zero attached hydrogens (tertiary/aromatic N) is 2. The minimum Gasteiger partial charge on any atom is -0.480 e. The monoisotopic (exact) mass is 354 g/mol. The molecular weight excluding hydrogens is 332 g/mol. The standard InChI is InChI=1S/C16H22N2O5S/c1-16(2,3)23-15(22)17-5-6-18(12(9-17)14(20)21)13(19)8-11-4-7-24-10-11/h4,7,10,12H,5-6,8-9H2,1-3H3,(H,20,21)/t12-/m0/s1. The molecule has 8 heteroatoms. The van der Waals surface area contributed by atoms with Crippen molar-refractivity contribution in [3.8, 4) is 0 Å². The first-order chi connectivity index (χ1) is 11.2. The van der Waals surface area contributed by atoms with Crippen molar-refractivity contribution in [3.05, 3.63) is 22.4 Å². The molecule has 0 spiro atoms. The van der Waals surface area contributed by atoms with Gasteiger partial charge in [-0.05, 0) is 43.2 Å². The zero-order valence-electron chi connectivity index (χ0n) is 14.0. The van der Waals surface area contributed by atoms with Gasteiger partial charge in [0.05, 0.1) is 13.0 Å². The highest BCUT2D eigenvalue weighted by atomic mass is 32.1. The highest BCUT2D eigenvalue weighted by molar-refractivity contribution is 7.08. The van der Waals surface area contributed by atoms with Crippen molar-refractivity contribution >= 4 is 29.3 Å². The second-order valence-electron chi connectivity index (χ2n) is 6.68. The Bertz CT molecular complexity index is 608. The van der Waals surface area contributed by atoms with Gasteiger partial charge in [0.15, 0.2) is 0 Å². The lowest BCUT2D eigenvalue weighted by molar-refractivity contribution is -0.153. The Hall–Kier alpha value is -2.09. The first-order valence-electron chi connectivity index (χ1n) is 7.68. The van der Waals surface area contributed by atoms with Crippen LogP contribution in [0.25, 0.3) is 0 Å². The maximum absolute atomic E-state index is 12.4. The average molecular weight is 354 g/mol. The minimum atomic E-state index is -1.12. The molecule has 2 amide bonds. The Kier molecular flexibility index (Phi) is 5.48. The number of rotatable bonds is 3. The number of carboxylic acid groups (broad SMARTS) is 1. The molecule has 1 aromatic rings. The van der Waals surface area contributed by atoms with E-state index in [0.717, 1.165) is 5.56 Å². The fraction of sp³-hybridized carbons (Fsp3) is 0.562. The molecule has 132 valence electrons. The molecule has 1 atom stereocenters. The van der Waals surface area contributed by atoms with Crippen LogP contribution in [-0.2, 0) is 20.7 Å². The average Bonchev–Trinajstić information content (AvgIpc) is 2.97. The Morgan fingerprint density at radius 3 is 2.58 bits per heavy atom. The number of amides is 2. The number of hydrogen-bond acceptors (Lipinski definition) is 5. The van der Waals surface area contributed by atoms with Gasteiger partial charge in [-0.15, -0.1) is 0 Å². The van der Waals surface area contributed by atoms with Crippen LogP contribution < -0.4 is 0 Å². The predicted molar refractivity (Wildman–Crippen MR) is 89.0 cm³/mol. The van der Waals surface area contributed by atoms with Crippen LogP contribution in [-0.4, -0.2) is 64.2 Å². The fourth-order valence-electron chi connectivity index (χ4n) is 2.45. The summed E-state index contributed by atoms with van der Waals surface area (Å²) in [6, 6.07) is 0.785. The molecule has 24 heavy (non-hydrogen) atoms. The van der Waals surface area contributed by atoms with E-state index in [1.54, 1.807) is 20.8 Å². The van der Waals surface area contributed by atoms with Crippen LogP contribution in [0.3, 0.4) is 0 Å². The number of carboxylic acids is 1. The summed E-state index contributed by atoms with van der Waals surface area (Å²) < 4.78 is 5.28. The molecule has 0 aliphatic carbocycles. The van der Waals surface area contributed by atoms with Gasteiger partial charge in [0.25, 0.3) is 0 Å². The molecular formula is C16H22N2O5S. The smallest absolute Gasteiger partial charge is 0.410 e. The van der Waals surface area contributed by atoms with E-state index in [0.29, 0.717) is 0 Å². The zero-order valence-corrected chi connectivity index (χ0v) is 14.8. The van der Waals surface area contributed by atoms with Gasteiger partial charge in [0, 0.05) is 13.1 Å². The van der Waals surface area contributed by atoms with Crippen LogP contribution in [0.2, 0.25) is 0 Å². The van der Waals surface area contributed by atoms with Gasteiger partial charge in [0.2, 0.25) is 5.91 Å². The summed E-state index contributed by atoms with van der Waals surface area (Å²) in [4.78, 5) is 38.8. The lowest BCUT2D eigenvalue weighted by Gasteiger charge is -2.39. The summed E-state index contributed by atoms with van der Waals surface area (Å²) in [5.74, 6) is -1.37. The number of thiophene rings is 1. The van der Waals surface area contributed by atoms with E-state index < -0.39 is 23.7 Å². The molecule has 2 rings (SSSR count). The molecule has 0 radical (unpaired) electrons. The van der Waals surface area contributed by atoms with Crippen LogP contribution >= 0.6 is 11.3 Å². The first kappa shape index (κ1) is 18.3. The molecule has 1 N–H and O–H groups in total. The van der Waals surface area contributed by atoms with Crippen molar-refractivity contribution in [3.63, 3.8) is 0 Å². The molecule has 1 aromatic heterocycles. The maximum atomic E-state index is 12.4. The van der Waals surface area contributed by atoms with E-state index in [1.807, 2.05) is 16.8 Å². The summed E-state index contributed by atoms with van der Waals surface area (Å²) in [5, 5.41) is 13.2. The van der Waals surface area contributed by atoms with Gasteiger partial charge < -0.3 is 19.6 Å². The molecule has 2 heterocycles. The van der Waals surface area contributed by atoms with E-state index in [9.17, 15) is 19.5 Å². The molecule has 7 nitrogen and oxygen atoms in total. The Morgan fingerprint density at radius 2 is 2.04 bits per heavy atom. The molecule has 0 aromatic carbocycles. The van der Waals surface area contributed by atoms with Crippen molar-refractivity contribution in [2.45, 2.75) is 38.8 Å². The summed E-state index contributed by atoms with van der Waals surface area (Å²) in [7, 11) is 0. The highest BCUT2D eigenvalue weighted by Gasteiger charge is 2.38. The minimum absolute atomic E-state index is 0.0698. The molecule has 1 saturated heterocycles. The number of piperazine rings is 1. The van der Waals surface area contributed by atoms with Gasteiger partial charge in [-0.3, -0.25) is 4.79 Å². The number of aliphatic carboxylic acids is 1. The predicted octanol–water partition coefficient (Wildman–Crippen LogP) is 1.82. The summed E-state index contributed by atoms with van der Waals surface area (Å²) in [6.07, 6.45) is -0.390. The number of hydrogen-bond donors (Lipinski definition) is 1. The Balaban J connectivity index is 2.04. The van der Waals surface area contributed by atoms with Gasteiger partial charge in [-0.25, -0.2) is 9.59 Å². The summed E-state index contributed by atoms with van der Waals surface area (Å²) in [5.41, 5.74) is 0.213. The van der Waals surface area contributed by atoms with Crippen LogP contribution in [0.4, 0.5) is 4.79 Å². The van der Waals surface area contributed by atoms with Gasteiger partial charge in [0.1, 0.15) is 11.6 Å². The quantitative estimate of drug-likeness (QED) is 0.895. The largest absolute Gasteiger partial charge is 0.480 e. The topological polar surface area (TPSA) is 87.2 Å². The highest BCUT2D eigenvalue weighted by Crippen LogP contribution is 2.17. The van der Waals surface area contributed by atoms with Crippen molar-refractivity contribution in [1.29, 1.82) is 0 Å². The van der Waals surface area contributed by atoms with Gasteiger partial charge in [-0.2, -0.15) is 11.3 Å². The van der Waals surface area contributed by atoms with Crippen LogP contribution in [0.15, 0.2) is 16.8 Å². The Labute approximate surface area is 144 Å². The zero-order chi connectivity index (χ0) is 17.9. The van der Waals surface area contributed by atoms with E-state index in [1.165, 1.54) is 21.1 Å². The number of ether oxygens (including phenoxy) is 1. The Morgan fingerprint density at radius 1 is 1.33 bits per heavy atom. The molecule has 0 unspecified atom stereocenters. The van der Waals surface area contributed by atoms with E-state index in [4.69, 9.17) is 4.74 Å². The third kappa shape index (κ3) is 4.70. The van der Waals surface area contributed by atoms with E-state index >= 15 is 0 Å². The molecule has 1 aliphatic rings. The van der Waals surface area contributed by atoms with Gasteiger partial charge in [-0.1, -0.05) is 0 Å². The van der Waals surface area contributed by atoms with E-state index in [-0.39, 0.29) is 32.0 Å². The molecule has 1 fully saturated rings. The fourth-order valence-corrected chi connectivity index (χ4v) is 3.12. The van der Waals surface area contributed by atoms with E-state index in [2.05, 4.69) is 0 Å². The first-order valence-corrected chi connectivity index (χ1v) is 8.63. The normalized spacial score (nSPS) is 18.4. The molecule has 0 bridgehead atoms. The van der Waals surface area contributed by atoms with Gasteiger partial charge >= 0.3 is 12.1 Å². The van der Waals surface area contributed by atoms with Crippen molar-refractivity contribution in [2.75, 3.05) is 19.6 Å². The van der Waals surface area contributed by atoms with Crippen molar-refractivity contribution in [1.82, 2.24) is 9.80 Å².